The highest BCUT2D eigenvalue weighted by atomic mass is 32.1. The fourth-order valence-electron chi connectivity index (χ4n) is 0. The quantitative estimate of drug-likeness (QED) is 0.246. The van der Waals surface area contributed by atoms with E-state index in [9.17, 15) is 0 Å². The molecule has 0 aromatic carbocycles. The van der Waals surface area contributed by atoms with Crippen molar-refractivity contribution in [3.8, 4) is 0 Å². The maximum Gasteiger partial charge on any atom is 0.128 e. The molecular weight excluding hydrogens is 218 g/mol. The van der Waals surface area contributed by atoms with Crippen molar-refractivity contribution in [3.63, 3.8) is 0 Å². The maximum absolute atomic E-state index is 4.71. The molecule has 7 heteroatoms. The van der Waals surface area contributed by atoms with Crippen molar-refractivity contribution in [1.29, 1.82) is 0 Å². The van der Waals surface area contributed by atoms with Crippen LogP contribution in [0, 0.1) is 0 Å². The summed E-state index contributed by atoms with van der Waals surface area (Å²) >= 11 is 15.3. The van der Waals surface area contributed by atoms with Crippen LogP contribution in [0.15, 0.2) is 13.2 Å². The van der Waals surface area contributed by atoms with Gasteiger partial charge in [-0.15, -0.1) is 38.4 Å². The Bertz CT molecular complexity index is 85.5. The summed E-state index contributed by atoms with van der Waals surface area (Å²) in [6.07, 6.45) is 0. The molecule has 0 aliphatic carbocycles. The molecule has 0 rings (SSSR count). The van der Waals surface area contributed by atoms with Crippen LogP contribution in [0.2, 0.25) is 0 Å². The number of thiocarbonyl (C=S) groups is 2. The van der Waals surface area contributed by atoms with E-state index in [2.05, 4.69) is 62.9 Å². The topological polar surface area (TPSA) is 87.0 Å². The average molecular weight is 231 g/mol. The number of nitrogens with two attached hydrogens (primary N) is 2. The van der Waals surface area contributed by atoms with E-state index in [-0.39, 0.29) is 14.8 Å². The van der Waals surface area contributed by atoms with Crippen LogP contribution in [-0.4, -0.2) is 8.64 Å². The molecule has 0 spiro atoms. The lowest BCUT2D eigenvalue weighted by Crippen LogP contribution is -1.94. The molecule has 7 N–H and O–H groups in total. The van der Waals surface area contributed by atoms with Gasteiger partial charge in [-0.05, 0) is 0 Å². The molecule has 3 nitrogen and oxygen atoms in total. The van der Waals surface area contributed by atoms with Gasteiger partial charge in [-0.3, -0.25) is 0 Å². The molecule has 0 aromatic heterocycles. The standard InChI is InChI=1S/C2H4.2CH3NS2.H3N/c1-2;2*2-1(3)4;/h1-2H2;2*(H3,2,3,4);1H3. The Balaban J connectivity index is -0.0000000339. The summed E-state index contributed by atoms with van der Waals surface area (Å²) in [6, 6.07) is 0. The molecule has 0 aromatic rings. The van der Waals surface area contributed by atoms with Crippen molar-refractivity contribution in [3.05, 3.63) is 13.2 Å². The van der Waals surface area contributed by atoms with Crippen LogP contribution < -0.4 is 17.6 Å². The Kier molecular flexibility index (Phi) is 45.9. The molecule has 0 amide bonds. The molecule has 0 fully saturated rings. The van der Waals surface area contributed by atoms with Crippen molar-refractivity contribution in [1.82, 2.24) is 6.15 Å². The minimum Gasteiger partial charge on any atom is -0.385 e. The van der Waals surface area contributed by atoms with Crippen LogP contribution in [0.5, 0.6) is 0 Å². The molecular formula is C4H13N3S4. The summed E-state index contributed by atoms with van der Waals surface area (Å²) in [6.45, 7) is 6.00. The number of thiol groups is 2. The van der Waals surface area contributed by atoms with E-state index < -0.39 is 0 Å². The van der Waals surface area contributed by atoms with Crippen molar-refractivity contribution in [2.45, 2.75) is 0 Å². The van der Waals surface area contributed by atoms with Crippen LogP contribution in [0.3, 0.4) is 0 Å². The fraction of sp³-hybridized carbons (Fsp3) is 0. The maximum atomic E-state index is 4.71. The fourth-order valence-corrected chi connectivity index (χ4v) is 0. The van der Waals surface area contributed by atoms with Gasteiger partial charge in [0, 0.05) is 0 Å². The minimum absolute atomic E-state index is 0. The van der Waals surface area contributed by atoms with Gasteiger partial charge in [-0.25, -0.2) is 0 Å². The van der Waals surface area contributed by atoms with Crippen molar-refractivity contribution in [2.24, 2.45) is 11.5 Å². The first-order chi connectivity index (χ1) is 4.46. The van der Waals surface area contributed by atoms with Gasteiger partial charge in [0.1, 0.15) is 8.64 Å². The van der Waals surface area contributed by atoms with E-state index in [0.717, 1.165) is 0 Å². The minimum atomic E-state index is 0. The number of hydrogen-bond donors (Lipinski definition) is 5. The predicted molar refractivity (Wildman–Crippen MR) is 67.8 cm³/mol. The number of rotatable bonds is 0. The van der Waals surface area contributed by atoms with E-state index in [1.54, 1.807) is 0 Å². The molecule has 0 unspecified atom stereocenters. The highest BCUT2D eigenvalue weighted by molar-refractivity contribution is 8.11. The van der Waals surface area contributed by atoms with E-state index in [4.69, 9.17) is 11.5 Å². The second-order valence-corrected chi connectivity index (χ2v) is 3.12. The van der Waals surface area contributed by atoms with Gasteiger partial charge in [0.25, 0.3) is 0 Å². The van der Waals surface area contributed by atoms with Crippen molar-refractivity contribution in [2.75, 3.05) is 0 Å². The summed E-state index contributed by atoms with van der Waals surface area (Å²) < 4.78 is 0.389. The van der Waals surface area contributed by atoms with Gasteiger partial charge in [0.2, 0.25) is 0 Å². The van der Waals surface area contributed by atoms with Crippen molar-refractivity contribution >= 4 is 58.3 Å². The highest BCUT2D eigenvalue weighted by Gasteiger charge is 1.56. The summed E-state index contributed by atoms with van der Waals surface area (Å²) in [5, 5.41) is 0. The Labute approximate surface area is 89.0 Å². The molecule has 0 atom stereocenters. The Hall–Kier alpha value is 0.180. The molecule has 0 radical (unpaired) electrons. The first kappa shape index (κ1) is 22.5. The van der Waals surface area contributed by atoms with Gasteiger partial charge in [-0.2, -0.15) is 0 Å². The molecule has 0 aliphatic heterocycles. The van der Waals surface area contributed by atoms with E-state index in [0.29, 0.717) is 0 Å². The lowest BCUT2D eigenvalue weighted by molar-refractivity contribution is 1.91. The first-order valence-electron chi connectivity index (χ1n) is 1.93. The molecule has 0 saturated carbocycles. The Morgan fingerprint density at radius 3 is 1.00 bits per heavy atom. The zero-order valence-electron chi connectivity index (χ0n) is 5.99. The highest BCUT2D eigenvalue weighted by Crippen LogP contribution is 1.63. The third-order valence-electron chi connectivity index (χ3n) is 0. The number of hydrogen-bond acceptors (Lipinski definition) is 3. The molecule has 0 saturated heterocycles. The van der Waals surface area contributed by atoms with E-state index in [1.165, 1.54) is 0 Å². The van der Waals surface area contributed by atoms with Crippen LogP contribution in [0.25, 0.3) is 0 Å². The predicted octanol–water partition coefficient (Wildman–Crippen LogP) is 1.28. The smallest absolute Gasteiger partial charge is 0.128 e. The molecule has 0 bridgehead atoms. The molecule has 68 valence electrons. The van der Waals surface area contributed by atoms with Gasteiger partial charge in [-0.1, -0.05) is 24.4 Å². The second-order valence-electron chi connectivity index (χ2n) is 0.676. The molecule has 0 aliphatic rings. The normalized spacial score (nSPS) is 4.91. The lowest BCUT2D eigenvalue weighted by Gasteiger charge is -1.64. The first-order valence-corrected chi connectivity index (χ1v) is 3.64. The second kappa shape index (κ2) is 22.5. The summed E-state index contributed by atoms with van der Waals surface area (Å²) in [5.41, 5.74) is 9.41. The van der Waals surface area contributed by atoms with Gasteiger partial charge >= 0.3 is 0 Å². The van der Waals surface area contributed by atoms with Crippen LogP contribution >= 0.6 is 49.7 Å². The Morgan fingerprint density at radius 1 is 1.00 bits per heavy atom. The monoisotopic (exact) mass is 231 g/mol. The van der Waals surface area contributed by atoms with E-state index in [1.807, 2.05) is 0 Å². The Morgan fingerprint density at radius 2 is 1.00 bits per heavy atom. The third-order valence-corrected chi connectivity index (χ3v) is 0. The van der Waals surface area contributed by atoms with Gasteiger partial charge in [0.05, 0.1) is 0 Å². The lowest BCUT2D eigenvalue weighted by atomic mass is 11.3. The van der Waals surface area contributed by atoms with Crippen LogP contribution in [0.1, 0.15) is 0 Å². The zero-order chi connectivity index (χ0) is 9.15. The van der Waals surface area contributed by atoms with E-state index >= 15 is 0 Å². The third kappa shape index (κ3) is 21000. The largest absolute Gasteiger partial charge is 0.385 e. The van der Waals surface area contributed by atoms with Crippen LogP contribution in [-0.2, 0) is 0 Å². The van der Waals surface area contributed by atoms with Gasteiger partial charge < -0.3 is 17.6 Å². The molecule has 0 heterocycles. The average Bonchev–Trinajstić information content (AvgIpc) is 1.66. The SMILES string of the molecule is C=C.N.NC(=S)S.NC(=S)S. The van der Waals surface area contributed by atoms with Gasteiger partial charge in [0.15, 0.2) is 0 Å². The molecule has 11 heavy (non-hydrogen) atoms. The van der Waals surface area contributed by atoms with Crippen molar-refractivity contribution < 1.29 is 0 Å². The van der Waals surface area contributed by atoms with Crippen LogP contribution in [0.4, 0.5) is 0 Å². The summed E-state index contributed by atoms with van der Waals surface area (Å²) in [7, 11) is 0. The summed E-state index contributed by atoms with van der Waals surface area (Å²) in [5.74, 6) is 0. The summed E-state index contributed by atoms with van der Waals surface area (Å²) in [4.78, 5) is 0. The zero-order valence-corrected chi connectivity index (χ0v) is 9.41.